The van der Waals surface area contributed by atoms with Gasteiger partial charge in [-0.15, -0.1) is 11.3 Å². The van der Waals surface area contributed by atoms with Crippen LogP contribution in [0, 0.1) is 6.92 Å². The first-order valence-electron chi connectivity index (χ1n) is 5.24. The van der Waals surface area contributed by atoms with Crippen molar-refractivity contribution in [2.45, 2.75) is 6.92 Å². The van der Waals surface area contributed by atoms with Gasteiger partial charge in [-0.25, -0.2) is 9.78 Å². The first-order valence-corrected chi connectivity index (χ1v) is 6.44. The molecule has 0 aliphatic rings. The number of pyridine rings is 1. The topological polar surface area (TPSA) is 79.3 Å². The molecule has 0 saturated carbocycles. The van der Waals surface area contributed by atoms with Crippen molar-refractivity contribution >= 4 is 39.8 Å². The monoisotopic (exact) mass is 296 g/mol. The zero-order chi connectivity index (χ0) is 14.0. The molecule has 1 amide bonds. The summed E-state index contributed by atoms with van der Waals surface area (Å²) in [5.41, 5.74) is 1.01. The van der Waals surface area contributed by atoms with Crippen molar-refractivity contribution in [2.75, 3.05) is 5.32 Å². The van der Waals surface area contributed by atoms with Crippen LogP contribution in [0.2, 0.25) is 5.15 Å². The molecule has 7 heteroatoms. The Bertz CT molecular complexity index is 634. The van der Waals surface area contributed by atoms with Crippen molar-refractivity contribution in [3.05, 3.63) is 45.6 Å². The summed E-state index contributed by atoms with van der Waals surface area (Å²) in [5.74, 6) is -1.38. The van der Waals surface area contributed by atoms with Crippen LogP contribution >= 0.6 is 22.9 Å². The van der Waals surface area contributed by atoms with Crippen LogP contribution in [0.5, 0.6) is 0 Å². The molecule has 2 rings (SSSR count). The molecule has 2 aromatic rings. The first-order chi connectivity index (χ1) is 8.95. The number of amides is 1. The van der Waals surface area contributed by atoms with E-state index in [1.165, 1.54) is 12.1 Å². The lowest BCUT2D eigenvalue weighted by molar-refractivity contribution is 0.0702. The summed E-state index contributed by atoms with van der Waals surface area (Å²) in [4.78, 5) is 26.8. The average molecular weight is 297 g/mol. The molecule has 0 aliphatic carbocycles. The number of aromatic nitrogens is 1. The molecule has 19 heavy (non-hydrogen) atoms. The fourth-order valence-corrected chi connectivity index (χ4v) is 2.45. The summed E-state index contributed by atoms with van der Waals surface area (Å²) in [5, 5.41) is 12.1. The Hall–Kier alpha value is -1.92. The van der Waals surface area contributed by atoms with E-state index in [0.717, 1.165) is 11.3 Å². The van der Waals surface area contributed by atoms with E-state index in [9.17, 15) is 9.59 Å². The van der Waals surface area contributed by atoms with Crippen molar-refractivity contribution in [2.24, 2.45) is 0 Å². The Kier molecular flexibility index (Phi) is 3.82. The quantitative estimate of drug-likeness (QED) is 0.853. The highest BCUT2D eigenvalue weighted by molar-refractivity contribution is 7.18. The van der Waals surface area contributed by atoms with Gasteiger partial charge in [0.05, 0.1) is 5.00 Å². The average Bonchev–Trinajstić information content (AvgIpc) is 2.76. The number of nitrogens with zero attached hydrogens (tertiary/aromatic N) is 1. The number of hydrogen-bond donors (Lipinski definition) is 2. The lowest BCUT2D eigenvalue weighted by Crippen LogP contribution is -2.11. The Morgan fingerprint density at radius 3 is 2.68 bits per heavy atom. The van der Waals surface area contributed by atoms with Crippen LogP contribution in [0.25, 0.3) is 0 Å². The van der Waals surface area contributed by atoms with Crippen LogP contribution in [0.3, 0.4) is 0 Å². The second kappa shape index (κ2) is 5.38. The van der Waals surface area contributed by atoms with Crippen molar-refractivity contribution in [1.29, 1.82) is 0 Å². The van der Waals surface area contributed by atoms with E-state index in [2.05, 4.69) is 10.3 Å². The highest BCUT2D eigenvalue weighted by Gasteiger charge is 2.12. The third kappa shape index (κ3) is 3.30. The van der Waals surface area contributed by atoms with E-state index in [0.29, 0.717) is 16.3 Å². The number of carboxylic acids is 1. The zero-order valence-electron chi connectivity index (χ0n) is 9.81. The molecule has 0 spiro atoms. The van der Waals surface area contributed by atoms with Crippen LogP contribution in [0.4, 0.5) is 5.00 Å². The Morgan fingerprint density at radius 1 is 1.37 bits per heavy atom. The normalized spacial score (nSPS) is 10.2. The third-order valence-electron chi connectivity index (χ3n) is 2.24. The van der Waals surface area contributed by atoms with E-state index in [-0.39, 0.29) is 15.9 Å². The maximum Gasteiger partial charge on any atom is 0.345 e. The van der Waals surface area contributed by atoms with E-state index in [1.807, 2.05) is 0 Å². The van der Waals surface area contributed by atoms with Gasteiger partial charge in [0.15, 0.2) is 0 Å². The molecule has 0 bridgehead atoms. The highest BCUT2D eigenvalue weighted by atomic mass is 35.5. The maximum atomic E-state index is 12.0. The molecule has 0 fully saturated rings. The second-order valence-electron chi connectivity index (χ2n) is 3.74. The molecule has 5 nitrogen and oxygen atoms in total. The van der Waals surface area contributed by atoms with Crippen LogP contribution in [-0.4, -0.2) is 22.0 Å². The van der Waals surface area contributed by atoms with Crippen LogP contribution in [0.15, 0.2) is 24.3 Å². The SMILES string of the molecule is Cc1cc(C(=O)Nc2ccc(C(=O)O)s2)cc(Cl)n1. The summed E-state index contributed by atoms with van der Waals surface area (Å²) in [6, 6.07) is 6.04. The van der Waals surface area contributed by atoms with Crippen molar-refractivity contribution < 1.29 is 14.7 Å². The number of carbonyl (C=O) groups is 2. The van der Waals surface area contributed by atoms with Crippen molar-refractivity contribution in [3.63, 3.8) is 0 Å². The van der Waals surface area contributed by atoms with Crippen molar-refractivity contribution in [1.82, 2.24) is 4.98 Å². The van der Waals surface area contributed by atoms with Gasteiger partial charge < -0.3 is 10.4 Å². The number of hydrogen-bond acceptors (Lipinski definition) is 4. The second-order valence-corrected chi connectivity index (χ2v) is 5.21. The van der Waals surface area contributed by atoms with Gasteiger partial charge in [0.2, 0.25) is 0 Å². The first kappa shape index (κ1) is 13.5. The molecule has 0 unspecified atom stereocenters. The number of nitrogens with one attached hydrogen (secondary N) is 1. The number of thiophene rings is 1. The number of aromatic carboxylic acids is 1. The zero-order valence-corrected chi connectivity index (χ0v) is 11.4. The minimum Gasteiger partial charge on any atom is -0.477 e. The maximum absolute atomic E-state index is 12.0. The molecule has 0 atom stereocenters. The lowest BCUT2D eigenvalue weighted by Gasteiger charge is -2.03. The molecule has 0 aromatic carbocycles. The molecule has 2 heterocycles. The van der Waals surface area contributed by atoms with Gasteiger partial charge in [0, 0.05) is 11.3 Å². The van der Waals surface area contributed by atoms with E-state index in [1.54, 1.807) is 19.1 Å². The summed E-state index contributed by atoms with van der Waals surface area (Å²) in [6.07, 6.45) is 0. The van der Waals surface area contributed by atoms with Crippen LogP contribution in [-0.2, 0) is 0 Å². The van der Waals surface area contributed by atoms with Gasteiger partial charge in [0.25, 0.3) is 5.91 Å². The van der Waals surface area contributed by atoms with Crippen molar-refractivity contribution in [3.8, 4) is 0 Å². The van der Waals surface area contributed by atoms with Gasteiger partial charge in [-0.3, -0.25) is 4.79 Å². The number of rotatable bonds is 3. The minimum absolute atomic E-state index is 0.166. The number of carboxylic acid groups (broad SMARTS) is 1. The smallest absolute Gasteiger partial charge is 0.345 e. The Morgan fingerprint density at radius 2 is 2.11 bits per heavy atom. The molecular weight excluding hydrogens is 288 g/mol. The van der Waals surface area contributed by atoms with E-state index >= 15 is 0 Å². The summed E-state index contributed by atoms with van der Waals surface area (Å²) in [6.45, 7) is 1.73. The predicted molar refractivity (Wildman–Crippen MR) is 73.2 cm³/mol. The van der Waals surface area contributed by atoms with Crippen LogP contribution in [0.1, 0.15) is 25.7 Å². The Labute approximate surface area is 117 Å². The van der Waals surface area contributed by atoms with Gasteiger partial charge in [0.1, 0.15) is 10.0 Å². The standard InChI is InChI=1S/C12H9ClN2O3S/c1-6-4-7(5-9(13)14-6)11(16)15-10-3-2-8(19-10)12(17)18/h2-5H,1H3,(H,15,16)(H,17,18). The summed E-state index contributed by atoms with van der Waals surface area (Å²) >= 11 is 6.77. The number of anilines is 1. The Balaban J connectivity index is 2.18. The third-order valence-corrected chi connectivity index (χ3v) is 3.42. The number of carbonyl (C=O) groups excluding carboxylic acids is 1. The summed E-state index contributed by atoms with van der Waals surface area (Å²) < 4.78 is 0. The predicted octanol–water partition coefficient (Wildman–Crippen LogP) is 3.06. The van der Waals surface area contributed by atoms with Gasteiger partial charge in [-0.2, -0.15) is 0 Å². The number of halogens is 1. The van der Waals surface area contributed by atoms with Gasteiger partial charge >= 0.3 is 5.97 Å². The van der Waals surface area contributed by atoms with E-state index < -0.39 is 5.97 Å². The fourth-order valence-electron chi connectivity index (χ4n) is 1.46. The lowest BCUT2D eigenvalue weighted by atomic mass is 10.2. The molecule has 0 radical (unpaired) electrons. The molecule has 0 saturated heterocycles. The molecule has 2 aromatic heterocycles. The van der Waals surface area contributed by atoms with Crippen LogP contribution < -0.4 is 5.32 Å². The molecular formula is C12H9ClN2O3S. The largest absolute Gasteiger partial charge is 0.477 e. The van der Waals surface area contributed by atoms with Gasteiger partial charge in [-0.05, 0) is 31.2 Å². The fraction of sp³-hybridized carbons (Fsp3) is 0.0833. The number of aryl methyl sites for hydroxylation is 1. The summed E-state index contributed by atoms with van der Waals surface area (Å²) in [7, 11) is 0. The molecule has 0 aliphatic heterocycles. The highest BCUT2D eigenvalue weighted by Crippen LogP contribution is 2.22. The minimum atomic E-state index is -1.02. The molecule has 98 valence electrons. The van der Waals surface area contributed by atoms with E-state index in [4.69, 9.17) is 16.7 Å². The van der Waals surface area contributed by atoms with Gasteiger partial charge in [-0.1, -0.05) is 11.6 Å². The molecule has 2 N–H and O–H groups in total.